The lowest BCUT2D eigenvalue weighted by atomic mass is 10.2. The summed E-state index contributed by atoms with van der Waals surface area (Å²) >= 11 is 18.6. The lowest BCUT2D eigenvalue weighted by molar-refractivity contribution is 0.688. The van der Waals surface area contributed by atoms with Crippen molar-refractivity contribution in [3.05, 3.63) is 0 Å². The molecule has 0 fully saturated rings. The molecule has 0 radical (unpaired) electrons. The van der Waals surface area contributed by atoms with Gasteiger partial charge in [0.25, 0.3) is 0 Å². The molecule has 0 rings (SSSR count). The van der Waals surface area contributed by atoms with Crippen LogP contribution in [0.3, 0.4) is 0 Å². The van der Waals surface area contributed by atoms with Gasteiger partial charge >= 0.3 is 0 Å². The Balaban J connectivity index is 3.78. The summed E-state index contributed by atoms with van der Waals surface area (Å²) in [6.07, 6.45) is -0.977. The van der Waals surface area contributed by atoms with E-state index in [2.05, 4.69) is 25.3 Å². The van der Waals surface area contributed by atoms with Crippen molar-refractivity contribution in [3.63, 3.8) is 0 Å². The van der Waals surface area contributed by atoms with Crippen molar-refractivity contribution in [3.8, 4) is 0 Å². The average Bonchev–Trinajstić information content (AvgIpc) is 2.08. The first-order valence-electron chi connectivity index (χ1n) is 4.75. The van der Waals surface area contributed by atoms with Crippen LogP contribution in [0.1, 0.15) is 25.7 Å². The third kappa shape index (κ3) is 8.03. The fourth-order valence-electron chi connectivity index (χ4n) is 1.06. The van der Waals surface area contributed by atoms with E-state index in [1.165, 1.54) is 0 Å². The molecule has 2 atom stereocenters. The largest absolute Gasteiger partial charge is 0.291 e. The first-order valence-corrected chi connectivity index (χ1v) is 11.8. The lowest BCUT2D eigenvalue weighted by Gasteiger charge is -2.20. The zero-order valence-electron chi connectivity index (χ0n) is 8.90. The van der Waals surface area contributed by atoms with Gasteiger partial charge in [0, 0.05) is 0 Å². The summed E-state index contributed by atoms with van der Waals surface area (Å²) in [5, 5.41) is 0. The number of nitrogens with two attached hydrogens (primary N) is 4. The van der Waals surface area contributed by atoms with Gasteiger partial charge in [-0.3, -0.25) is 22.0 Å². The number of hydrogen-bond acceptors (Lipinski definition) is 4. The maximum absolute atomic E-state index is 5.65. The van der Waals surface area contributed by atoms with E-state index in [1.54, 1.807) is 0 Å². The molecule has 10 heteroatoms. The fraction of sp³-hybridized carbons (Fsp3) is 1.00. The molecule has 0 bridgehead atoms. The number of hydrogen-bond donors (Lipinski definition) is 6. The molecule has 0 aromatic carbocycles. The van der Waals surface area contributed by atoms with Crippen LogP contribution >= 0.6 is 37.9 Å². The molecule has 0 spiro atoms. The van der Waals surface area contributed by atoms with Crippen molar-refractivity contribution < 1.29 is 0 Å². The second-order valence-corrected chi connectivity index (χ2v) is 13.9. The molecule has 0 saturated heterocycles. The normalized spacial score (nSPS) is 17.1. The summed E-state index contributed by atoms with van der Waals surface area (Å²) in [5.74, 6) is 0. The van der Waals surface area contributed by atoms with Gasteiger partial charge in [0.1, 0.15) is 0 Å². The first-order chi connectivity index (χ1) is 7.05. The van der Waals surface area contributed by atoms with E-state index in [1.807, 2.05) is 0 Å². The third-order valence-electron chi connectivity index (χ3n) is 2.11. The molecule has 0 aliphatic rings. The van der Waals surface area contributed by atoms with Gasteiger partial charge in [-0.2, -0.15) is 25.3 Å². The fourth-order valence-corrected chi connectivity index (χ4v) is 3.23. The average molecular weight is 338 g/mol. The predicted molar refractivity (Wildman–Crippen MR) is 89.3 cm³/mol. The van der Waals surface area contributed by atoms with Gasteiger partial charge in [0.2, 0.25) is 0 Å². The van der Waals surface area contributed by atoms with Gasteiger partial charge in [-0.15, -0.1) is 0 Å². The molecular weight excluding hydrogens is 318 g/mol. The maximum Gasteiger partial charge on any atom is 0.0795 e. The van der Waals surface area contributed by atoms with Crippen LogP contribution in [0.25, 0.3) is 0 Å². The molecule has 0 aliphatic heterocycles. The highest BCUT2D eigenvalue weighted by molar-refractivity contribution is 8.17. The van der Waals surface area contributed by atoms with Gasteiger partial charge in [0.05, 0.1) is 22.7 Å². The van der Waals surface area contributed by atoms with E-state index in [0.717, 1.165) is 25.7 Å². The molecule has 4 nitrogen and oxygen atoms in total. The Hall–Kier alpha value is 1.84. The van der Waals surface area contributed by atoms with Gasteiger partial charge in [-0.1, -0.05) is 36.5 Å². The molecule has 8 N–H and O–H groups in total. The van der Waals surface area contributed by atoms with Crippen LogP contribution < -0.4 is 22.0 Å². The second-order valence-electron chi connectivity index (χ2n) is 3.77. The lowest BCUT2D eigenvalue weighted by Crippen LogP contribution is -2.16. The summed E-state index contributed by atoms with van der Waals surface area (Å²) in [4.78, 5) is -0.167. The van der Waals surface area contributed by atoms with Crippen molar-refractivity contribution in [2.24, 2.45) is 22.0 Å². The van der Waals surface area contributed by atoms with E-state index in [4.69, 9.17) is 45.6 Å². The van der Waals surface area contributed by atoms with Crippen LogP contribution in [0.15, 0.2) is 0 Å². The standard InChI is InChI=1S/C6H20N4P2S4/c7-11(8,15)5(13)3-1-2-4-6(14)12(9,10)16/h5-6,13-14H,1-4H2,(H4,7,8,15)(H4,9,10,16). The molecule has 98 valence electrons. The van der Waals surface area contributed by atoms with Crippen LogP contribution in [0.4, 0.5) is 0 Å². The summed E-state index contributed by atoms with van der Waals surface area (Å²) in [6, 6.07) is 0. The third-order valence-corrected chi connectivity index (χ3v) is 9.76. The summed E-state index contributed by atoms with van der Waals surface area (Å²) < 4.78 is 0. The predicted octanol–water partition coefficient (Wildman–Crippen LogP) is 1.51. The number of unbranched alkanes of at least 4 members (excludes halogenated alkanes) is 1. The Labute approximate surface area is 119 Å². The van der Waals surface area contributed by atoms with Gasteiger partial charge < -0.3 is 0 Å². The van der Waals surface area contributed by atoms with E-state index in [9.17, 15) is 0 Å². The Morgan fingerprint density at radius 3 is 1.25 bits per heavy atom. The van der Waals surface area contributed by atoms with Crippen LogP contribution in [-0.2, 0) is 23.6 Å². The Morgan fingerprint density at radius 2 is 1.06 bits per heavy atom. The minimum Gasteiger partial charge on any atom is -0.291 e. The van der Waals surface area contributed by atoms with Crippen LogP contribution in [0.5, 0.6) is 0 Å². The maximum atomic E-state index is 5.65. The minimum absolute atomic E-state index is 0.0836. The molecule has 0 aliphatic carbocycles. The van der Waals surface area contributed by atoms with Crippen molar-refractivity contribution in [1.29, 1.82) is 0 Å². The molecule has 0 heterocycles. The van der Waals surface area contributed by atoms with E-state index < -0.39 is 12.7 Å². The van der Waals surface area contributed by atoms with Crippen LogP contribution in [0.2, 0.25) is 0 Å². The van der Waals surface area contributed by atoms with Crippen LogP contribution in [0, 0.1) is 0 Å². The van der Waals surface area contributed by atoms with Gasteiger partial charge in [-0.25, -0.2) is 0 Å². The van der Waals surface area contributed by atoms with Gasteiger partial charge in [0.15, 0.2) is 0 Å². The van der Waals surface area contributed by atoms with Crippen molar-refractivity contribution >= 4 is 61.5 Å². The van der Waals surface area contributed by atoms with Crippen molar-refractivity contribution in [2.45, 2.75) is 35.7 Å². The Bertz CT molecular complexity index is 271. The van der Waals surface area contributed by atoms with E-state index >= 15 is 0 Å². The zero-order chi connectivity index (χ0) is 13.0. The quantitative estimate of drug-likeness (QED) is 0.239. The first kappa shape index (κ1) is 17.8. The molecule has 2 unspecified atom stereocenters. The molecular formula is C6H20N4P2S4. The molecule has 0 amide bonds. The summed E-state index contributed by atoms with van der Waals surface area (Å²) in [7, 11) is 0. The second kappa shape index (κ2) is 7.43. The SMILES string of the molecule is NP(N)(=S)C(S)CCCCC(S)P(N)(N)=S. The molecule has 0 saturated carbocycles. The summed E-state index contributed by atoms with van der Waals surface area (Å²) in [5.41, 5.74) is 22.6. The number of rotatable bonds is 7. The van der Waals surface area contributed by atoms with Crippen LogP contribution in [-0.4, -0.2) is 9.98 Å². The summed E-state index contributed by atoms with van der Waals surface area (Å²) in [6.45, 7) is 0. The highest BCUT2D eigenvalue weighted by Gasteiger charge is 2.18. The minimum atomic E-state index is -2.24. The monoisotopic (exact) mass is 338 g/mol. The van der Waals surface area contributed by atoms with E-state index in [-0.39, 0.29) is 9.98 Å². The number of thiol groups is 2. The Kier molecular flexibility index (Phi) is 8.29. The molecule has 0 aromatic heterocycles. The van der Waals surface area contributed by atoms with Crippen molar-refractivity contribution in [1.82, 2.24) is 0 Å². The topological polar surface area (TPSA) is 104 Å². The molecule has 0 aromatic rings. The smallest absolute Gasteiger partial charge is 0.0795 e. The Morgan fingerprint density at radius 1 is 0.812 bits per heavy atom. The van der Waals surface area contributed by atoms with E-state index in [0.29, 0.717) is 0 Å². The van der Waals surface area contributed by atoms with Gasteiger partial charge in [-0.05, 0) is 12.8 Å². The highest BCUT2D eigenvalue weighted by atomic mass is 32.5. The van der Waals surface area contributed by atoms with Crippen molar-refractivity contribution in [2.75, 3.05) is 0 Å². The zero-order valence-corrected chi connectivity index (χ0v) is 14.1. The molecule has 16 heavy (non-hydrogen) atoms. The highest BCUT2D eigenvalue weighted by Crippen LogP contribution is 2.41.